The van der Waals surface area contributed by atoms with Gasteiger partial charge in [0.25, 0.3) is 5.91 Å². The molecule has 0 bridgehead atoms. The van der Waals surface area contributed by atoms with Crippen LogP contribution in [-0.2, 0) is 0 Å². The summed E-state index contributed by atoms with van der Waals surface area (Å²) in [6.45, 7) is 7.58. The second-order valence-electron chi connectivity index (χ2n) is 5.28. The van der Waals surface area contributed by atoms with Crippen LogP contribution in [0.1, 0.15) is 44.0 Å². The Morgan fingerprint density at radius 3 is 2.67 bits per heavy atom. The highest BCUT2D eigenvalue weighted by Crippen LogP contribution is 2.36. The fourth-order valence-electron chi connectivity index (χ4n) is 1.77. The Morgan fingerprint density at radius 1 is 1.38 bits per heavy atom. The van der Waals surface area contributed by atoms with E-state index in [2.05, 4.69) is 35.1 Å². The maximum Gasteiger partial charge on any atom is 0.251 e. The minimum absolute atomic E-state index is 0.100. The van der Waals surface area contributed by atoms with Gasteiger partial charge in [0.1, 0.15) is 0 Å². The Labute approximate surface area is 135 Å². The minimum Gasteiger partial charge on any atom is -0.493 e. The molecular formula is C16H24BrNO3. The van der Waals surface area contributed by atoms with Crippen LogP contribution in [0.15, 0.2) is 16.6 Å². The summed E-state index contributed by atoms with van der Waals surface area (Å²) in [7, 11) is 1.57. The summed E-state index contributed by atoms with van der Waals surface area (Å²) in [5, 5.41) is 2.92. The van der Waals surface area contributed by atoms with E-state index in [4.69, 9.17) is 9.47 Å². The summed E-state index contributed by atoms with van der Waals surface area (Å²) in [6, 6.07) is 3.47. The van der Waals surface area contributed by atoms with Crippen molar-refractivity contribution in [2.45, 2.75) is 33.6 Å². The van der Waals surface area contributed by atoms with Gasteiger partial charge in [-0.3, -0.25) is 4.79 Å². The normalized spacial score (nSPS) is 10.6. The van der Waals surface area contributed by atoms with Gasteiger partial charge in [-0.05, 0) is 46.8 Å². The number of hydrogen-bond donors (Lipinski definition) is 1. The van der Waals surface area contributed by atoms with Gasteiger partial charge < -0.3 is 14.8 Å². The summed E-state index contributed by atoms with van der Waals surface area (Å²) in [5.74, 6) is 1.66. The average Bonchev–Trinajstić information content (AvgIpc) is 2.44. The van der Waals surface area contributed by atoms with Crippen molar-refractivity contribution in [3.63, 3.8) is 0 Å². The Morgan fingerprint density at radius 2 is 2.10 bits per heavy atom. The Balaban J connectivity index is 2.84. The second kappa shape index (κ2) is 8.93. The van der Waals surface area contributed by atoms with E-state index in [1.165, 1.54) is 0 Å². The molecule has 0 fully saturated rings. The van der Waals surface area contributed by atoms with Crippen LogP contribution in [0.3, 0.4) is 0 Å². The number of ether oxygens (including phenoxy) is 2. The van der Waals surface area contributed by atoms with Crippen molar-refractivity contribution in [1.29, 1.82) is 0 Å². The molecule has 0 unspecified atom stereocenters. The predicted octanol–water partition coefficient (Wildman–Crippen LogP) is 4.02. The Bertz CT molecular complexity index is 475. The fraction of sp³-hybridized carbons (Fsp3) is 0.562. The average molecular weight is 358 g/mol. The van der Waals surface area contributed by atoms with Crippen LogP contribution >= 0.6 is 15.9 Å². The highest BCUT2D eigenvalue weighted by molar-refractivity contribution is 9.10. The molecule has 0 atom stereocenters. The Hall–Kier alpha value is -1.23. The highest BCUT2D eigenvalue weighted by atomic mass is 79.9. The lowest BCUT2D eigenvalue weighted by Gasteiger charge is -2.14. The minimum atomic E-state index is -0.100. The number of nitrogens with one attached hydrogen (secondary N) is 1. The molecule has 1 aromatic rings. The molecule has 0 aliphatic heterocycles. The molecule has 5 heteroatoms. The summed E-state index contributed by atoms with van der Waals surface area (Å²) in [6.07, 6.45) is 1.87. The van der Waals surface area contributed by atoms with Crippen LogP contribution in [-0.4, -0.2) is 26.2 Å². The van der Waals surface area contributed by atoms with Crippen molar-refractivity contribution in [2.75, 3.05) is 20.3 Å². The molecule has 0 heterocycles. The van der Waals surface area contributed by atoms with Crippen molar-refractivity contribution >= 4 is 21.8 Å². The quantitative estimate of drug-likeness (QED) is 0.764. The maximum absolute atomic E-state index is 12.1. The first-order chi connectivity index (χ1) is 9.99. The standard InChI is InChI=1S/C16H24BrNO3/c1-5-8-21-15-13(17)9-12(10-14(15)20-4)16(19)18-7-6-11(2)3/h9-11H,5-8H2,1-4H3,(H,18,19). The van der Waals surface area contributed by atoms with Gasteiger partial charge in [-0.2, -0.15) is 0 Å². The number of benzene rings is 1. The zero-order valence-corrected chi connectivity index (χ0v) is 14.7. The van der Waals surface area contributed by atoms with Gasteiger partial charge in [0.2, 0.25) is 0 Å². The van der Waals surface area contributed by atoms with Gasteiger partial charge in [0.05, 0.1) is 18.2 Å². The summed E-state index contributed by atoms with van der Waals surface area (Å²) >= 11 is 3.44. The zero-order valence-electron chi connectivity index (χ0n) is 13.2. The molecule has 0 radical (unpaired) electrons. The summed E-state index contributed by atoms with van der Waals surface area (Å²) in [5.41, 5.74) is 0.561. The first-order valence-electron chi connectivity index (χ1n) is 7.28. The SMILES string of the molecule is CCCOc1c(Br)cc(C(=O)NCCC(C)C)cc1OC. The highest BCUT2D eigenvalue weighted by Gasteiger charge is 2.15. The number of carbonyl (C=O) groups is 1. The molecule has 0 aliphatic rings. The van der Waals surface area contributed by atoms with Gasteiger partial charge in [-0.1, -0.05) is 20.8 Å². The van der Waals surface area contributed by atoms with Crippen LogP contribution in [0.5, 0.6) is 11.5 Å². The maximum atomic E-state index is 12.1. The molecule has 0 saturated heterocycles. The zero-order chi connectivity index (χ0) is 15.8. The number of hydrogen-bond acceptors (Lipinski definition) is 3. The molecule has 0 aliphatic carbocycles. The lowest BCUT2D eigenvalue weighted by molar-refractivity contribution is 0.0951. The number of halogens is 1. The molecule has 1 N–H and O–H groups in total. The molecule has 0 spiro atoms. The van der Waals surface area contributed by atoms with E-state index < -0.39 is 0 Å². The lowest BCUT2D eigenvalue weighted by atomic mass is 10.1. The van der Waals surface area contributed by atoms with E-state index in [1.54, 1.807) is 19.2 Å². The second-order valence-corrected chi connectivity index (χ2v) is 6.13. The monoisotopic (exact) mass is 357 g/mol. The van der Waals surface area contributed by atoms with Crippen LogP contribution in [0.25, 0.3) is 0 Å². The topological polar surface area (TPSA) is 47.6 Å². The third kappa shape index (κ3) is 5.58. The number of rotatable bonds is 8. The molecule has 0 saturated carbocycles. The van der Waals surface area contributed by atoms with Crippen molar-refractivity contribution in [3.05, 3.63) is 22.2 Å². The lowest BCUT2D eigenvalue weighted by Crippen LogP contribution is -2.25. The van der Waals surface area contributed by atoms with E-state index in [0.717, 1.165) is 17.3 Å². The van der Waals surface area contributed by atoms with Crippen LogP contribution in [0.4, 0.5) is 0 Å². The number of carbonyl (C=O) groups excluding carboxylic acids is 1. The molecule has 21 heavy (non-hydrogen) atoms. The van der Waals surface area contributed by atoms with E-state index >= 15 is 0 Å². The molecule has 1 rings (SSSR count). The molecule has 0 aromatic heterocycles. The van der Waals surface area contributed by atoms with Crippen LogP contribution in [0.2, 0.25) is 0 Å². The van der Waals surface area contributed by atoms with E-state index in [9.17, 15) is 4.79 Å². The van der Waals surface area contributed by atoms with Gasteiger partial charge in [0.15, 0.2) is 11.5 Å². The molecule has 118 valence electrons. The van der Waals surface area contributed by atoms with Crippen LogP contribution in [0, 0.1) is 5.92 Å². The van der Waals surface area contributed by atoms with E-state index in [1.807, 2.05) is 6.92 Å². The smallest absolute Gasteiger partial charge is 0.251 e. The molecule has 1 aromatic carbocycles. The van der Waals surface area contributed by atoms with Crippen molar-refractivity contribution in [1.82, 2.24) is 5.32 Å². The first kappa shape index (κ1) is 17.8. The molecular weight excluding hydrogens is 334 g/mol. The third-order valence-electron chi connectivity index (χ3n) is 2.95. The van der Waals surface area contributed by atoms with Gasteiger partial charge in [0, 0.05) is 12.1 Å². The summed E-state index contributed by atoms with van der Waals surface area (Å²) in [4.78, 5) is 12.1. The van der Waals surface area contributed by atoms with Crippen molar-refractivity contribution in [3.8, 4) is 11.5 Å². The fourth-order valence-corrected chi connectivity index (χ4v) is 2.33. The van der Waals surface area contributed by atoms with E-state index in [-0.39, 0.29) is 5.91 Å². The third-order valence-corrected chi connectivity index (χ3v) is 3.54. The molecule has 4 nitrogen and oxygen atoms in total. The van der Waals surface area contributed by atoms with Crippen LogP contribution < -0.4 is 14.8 Å². The van der Waals surface area contributed by atoms with Crippen molar-refractivity contribution in [2.24, 2.45) is 5.92 Å². The van der Waals surface area contributed by atoms with Gasteiger partial charge >= 0.3 is 0 Å². The predicted molar refractivity (Wildman–Crippen MR) is 88.3 cm³/mol. The number of methoxy groups -OCH3 is 1. The largest absolute Gasteiger partial charge is 0.493 e. The van der Waals surface area contributed by atoms with Crippen molar-refractivity contribution < 1.29 is 14.3 Å². The summed E-state index contributed by atoms with van der Waals surface area (Å²) < 4.78 is 11.7. The number of amides is 1. The first-order valence-corrected chi connectivity index (χ1v) is 8.07. The molecule has 1 amide bonds. The Kier molecular flexibility index (Phi) is 7.57. The van der Waals surface area contributed by atoms with Gasteiger partial charge in [-0.15, -0.1) is 0 Å². The van der Waals surface area contributed by atoms with E-state index in [0.29, 0.717) is 36.1 Å². The van der Waals surface area contributed by atoms with Gasteiger partial charge in [-0.25, -0.2) is 0 Å².